The van der Waals surface area contributed by atoms with Crippen LogP contribution in [0.5, 0.6) is 0 Å². The molecule has 0 fully saturated rings. The van der Waals surface area contributed by atoms with Crippen LogP contribution < -0.4 is 0 Å². The minimum Gasteiger partial charge on any atom is -0.462 e. The number of esters is 2. The van der Waals surface area contributed by atoms with Gasteiger partial charge in [0.05, 0.1) is 6.61 Å². The highest BCUT2D eigenvalue weighted by Gasteiger charge is 2.16. The van der Waals surface area contributed by atoms with Crippen molar-refractivity contribution in [3.63, 3.8) is 0 Å². The summed E-state index contributed by atoms with van der Waals surface area (Å²) in [6.07, 6.45) is 51.1. The fourth-order valence-electron chi connectivity index (χ4n) is 6.59. The Labute approximate surface area is 317 Å². The second-order valence-corrected chi connectivity index (χ2v) is 15.1. The van der Waals surface area contributed by atoms with E-state index >= 15 is 0 Å². The smallest absolute Gasteiger partial charge is 0.306 e. The van der Waals surface area contributed by atoms with E-state index in [2.05, 4.69) is 38.2 Å². The maximum Gasteiger partial charge on any atom is 0.306 e. The Morgan fingerprint density at radius 1 is 0.451 bits per heavy atom. The van der Waals surface area contributed by atoms with E-state index in [1.54, 1.807) is 0 Å². The second-order valence-electron chi connectivity index (χ2n) is 15.1. The standard InChI is InChI=1S/C46H86O5/c1-3-5-7-9-11-13-15-17-19-21-22-23-25-27-29-31-33-35-37-39-41-46(49)51-44(42-47)43-50-45(48)40-38-36-34-32-30-28-26-24-20-18-16-14-12-10-8-6-4-2/h12,14,18,20,44,47H,3-11,13,15-17,19,21-43H2,1-2H3/b14-12+,20-18+/t44-/m0/s1. The van der Waals surface area contributed by atoms with Crippen LogP contribution >= 0.6 is 0 Å². The lowest BCUT2D eigenvalue weighted by Gasteiger charge is -2.15. The molecule has 300 valence electrons. The predicted molar refractivity (Wildman–Crippen MR) is 219 cm³/mol. The number of carbonyl (C=O) groups excluding carboxylic acids is 2. The van der Waals surface area contributed by atoms with Crippen LogP contribution in [0.25, 0.3) is 0 Å². The number of carbonyl (C=O) groups is 2. The first-order chi connectivity index (χ1) is 25.1. The molecule has 0 rings (SSSR count). The van der Waals surface area contributed by atoms with Gasteiger partial charge in [0.2, 0.25) is 0 Å². The zero-order valence-corrected chi connectivity index (χ0v) is 34.1. The lowest BCUT2D eigenvalue weighted by atomic mass is 10.0. The molecule has 0 aliphatic carbocycles. The Morgan fingerprint density at radius 3 is 1.20 bits per heavy atom. The predicted octanol–water partition coefficient (Wildman–Crippen LogP) is 14.2. The summed E-state index contributed by atoms with van der Waals surface area (Å²) in [4.78, 5) is 24.3. The molecule has 5 nitrogen and oxygen atoms in total. The molecule has 51 heavy (non-hydrogen) atoms. The zero-order chi connectivity index (χ0) is 37.1. The zero-order valence-electron chi connectivity index (χ0n) is 34.1. The number of aliphatic hydroxyl groups is 1. The molecule has 0 aromatic carbocycles. The number of unbranched alkanes of at least 4 members (excludes halogenated alkanes) is 29. The highest BCUT2D eigenvalue weighted by atomic mass is 16.6. The van der Waals surface area contributed by atoms with E-state index in [4.69, 9.17) is 9.47 Å². The quantitative estimate of drug-likeness (QED) is 0.0387. The van der Waals surface area contributed by atoms with E-state index in [0.717, 1.165) is 44.9 Å². The van der Waals surface area contributed by atoms with Gasteiger partial charge in [0.15, 0.2) is 6.10 Å². The van der Waals surface area contributed by atoms with Crippen molar-refractivity contribution in [2.75, 3.05) is 13.2 Å². The molecule has 1 N–H and O–H groups in total. The molecule has 0 aliphatic heterocycles. The van der Waals surface area contributed by atoms with Crippen LogP contribution in [-0.4, -0.2) is 36.4 Å². The van der Waals surface area contributed by atoms with Gasteiger partial charge in [-0.3, -0.25) is 9.59 Å². The fourth-order valence-corrected chi connectivity index (χ4v) is 6.59. The van der Waals surface area contributed by atoms with Crippen molar-refractivity contribution in [3.8, 4) is 0 Å². The number of rotatable bonds is 41. The van der Waals surface area contributed by atoms with E-state index < -0.39 is 6.10 Å². The van der Waals surface area contributed by atoms with E-state index in [1.807, 2.05) is 0 Å². The molecule has 0 aliphatic rings. The van der Waals surface area contributed by atoms with E-state index in [-0.39, 0.29) is 25.2 Å². The highest BCUT2D eigenvalue weighted by molar-refractivity contribution is 5.70. The molecule has 0 bridgehead atoms. The van der Waals surface area contributed by atoms with E-state index in [1.165, 1.54) is 167 Å². The molecule has 0 aromatic rings. The molecule has 0 spiro atoms. The summed E-state index contributed by atoms with van der Waals surface area (Å²) in [5, 5.41) is 9.59. The second kappa shape index (κ2) is 42.8. The summed E-state index contributed by atoms with van der Waals surface area (Å²) < 4.78 is 10.6. The summed E-state index contributed by atoms with van der Waals surface area (Å²) >= 11 is 0. The average molecular weight is 719 g/mol. The summed E-state index contributed by atoms with van der Waals surface area (Å²) in [7, 11) is 0. The van der Waals surface area contributed by atoms with Crippen LogP contribution in [0.15, 0.2) is 24.3 Å². The summed E-state index contributed by atoms with van der Waals surface area (Å²) in [5.41, 5.74) is 0. The highest BCUT2D eigenvalue weighted by Crippen LogP contribution is 2.16. The maximum absolute atomic E-state index is 12.2. The largest absolute Gasteiger partial charge is 0.462 e. The van der Waals surface area contributed by atoms with Crippen molar-refractivity contribution in [1.82, 2.24) is 0 Å². The number of aliphatic hydroxyl groups excluding tert-OH is 1. The van der Waals surface area contributed by atoms with Gasteiger partial charge in [-0.15, -0.1) is 0 Å². The Kier molecular flexibility index (Phi) is 41.4. The van der Waals surface area contributed by atoms with Crippen LogP contribution in [0.2, 0.25) is 0 Å². The molecule has 0 aromatic heterocycles. The number of hydrogen-bond donors (Lipinski definition) is 1. The minimum atomic E-state index is -0.770. The molecule has 0 radical (unpaired) electrons. The molecule has 0 unspecified atom stereocenters. The van der Waals surface area contributed by atoms with Crippen LogP contribution in [0.3, 0.4) is 0 Å². The third kappa shape index (κ3) is 41.0. The number of hydrogen-bond acceptors (Lipinski definition) is 5. The van der Waals surface area contributed by atoms with Gasteiger partial charge in [0.1, 0.15) is 6.61 Å². The topological polar surface area (TPSA) is 72.8 Å². The number of allylic oxidation sites excluding steroid dienone is 4. The Balaban J connectivity index is 3.50. The summed E-state index contributed by atoms with van der Waals surface area (Å²) in [6, 6.07) is 0. The van der Waals surface area contributed by atoms with Crippen molar-refractivity contribution in [2.24, 2.45) is 0 Å². The van der Waals surface area contributed by atoms with Gasteiger partial charge in [0, 0.05) is 12.8 Å². The SMILES string of the molecule is CCCCC/C=C/C/C=C/CCCCCCCCCC(=O)OC[C@H](CO)OC(=O)CCCCCCCCCCCCCCCCCCCCCC. The van der Waals surface area contributed by atoms with E-state index in [0.29, 0.717) is 12.8 Å². The summed E-state index contributed by atoms with van der Waals surface area (Å²) in [5.74, 6) is -0.588. The third-order valence-corrected chi connectivity index (χ3v) is 10.00. The number of ether oxygens (including phenoxy) is 2. The molecular weight excluding hydrogens is 633 g/mol. The summed E-state index contributed by atoms with van der Waals surface area (Å²) in [6.45, 7) is 4.13. The van der Waals surface area contributed by atoms with Gasteiger partial charge < -0.3 is 14.6 Å². The first-order valence-electron chi connectivity index (χ1n) is 22.4. The van der Waals surface area contributed by atoms with Gasteiger partial charge >= 0.3 is 11.9 Å². The van der Waals surface area contributed by atoms with Crippen LogP contribution in [-0.2, 0) is 19.1 Å². The Hall–Kier alpha value is -1.62. The molecule has 0 saturated carbocycles. The van der Waals surface area contributed by atoms with Gasteiger partial charge in [0.25, 0.3) is 0 Å². The molecule has 0 amide bonds. The van der Waals surface area contributed by atoms with E-state index in [9.17, 15) is 14.7 Å². The average Bonchev–Trinajstić information content (AvgIpc) is 3.13. The van der Waals surface area contributed by atoms with Gasteiger partial charge in [-0.25, -0.2) is 0 Å². The minimum absolute atomic E-state index is 0.0655. The normalized spacial score (nSPS) is 12.3. The van der Waals surface area contributed by atoms with Gasteiger partial charge in [-0.05, 0) is 44.9 Å². The third-order valence-electron chi connectivity index (χ3n) is 10.00. The van der Waals surface area contributed by atoms with Gasteiger partial charge in [-0.1, -0.05) is 205 Å². The molecular formula is C46H86O5. The van der Waals surface area contributed by atoms with Gasteiger partial charge in [-0.2, -0.15) is 0 Å². The monoisotopic (exact) mass is 719 g/mol. The lowest BCUT2D eigenvalue weighted by molar-refractivity contribution is -0.161. The Morgan fingerprint density at radius 2 is 0.784 bits per heavy atom. The molecule has 5 heteroatoms. The van der Waals surface area contributed by atoms with Crippen molar-refractivity contribution in [2.45, 2.75) is 245 Å². The maximum atomic E-state index is 12.2. The van der Waals surface area contributed by atoms with Crippen LogP contribution in [0, 0.1) is 0 Å². The molecule has 0 saturated heterocycles. The molecule has 1 atom stereocenters. The van der Waals surface area contributed by atoms with Crippen molar-refractivity contribution in [1.29, 1.82) is 0 Å². The Bertz CT molecular complexity index is 776. The van der Waals surface area contributed by atoms with Crippen molar-refractivity contribution < 1.29 is 24.2 Å². The van der Waals surface area contributed by atoms with Crippen LogP contribution in [0.1, 0.15) is 239 Å². The lowest BCUT2D eigenvalue weighted by Crippen LogP contribution is -2.28. The first-order valence-corrected chi connectivity index (χ1v) is 22.4. The van der Waals surface area contributed by atoms with Crippen molar-refractivity contribution in [3.05, 3.63) is 24.3 Å². The fraction of sp³-hybridized carbons (Fsp3) is 0.870. The molecule has 0 heterocycles. The first kappa shape index (κ1) is 49.4. The van der Waals surface area contributed by atoms with Crippen LogP contribution in [0.4, 0.5) is 0 Å². The van der Waals surface area contributed by atoms with Crippen molar-refractivity contribution >= 4 is 11.9 Å².